The van der Waals surface area contributed by atoms with E-state index in [1.54, 1.807) is 7.11 Å². The van der Waals surface area contributed by atoms with E-state index in [0.717, 1.165) is 22.3 Å². The number of benzene rings is 2. The lowest BCUT2D eigenvalue weighted by Gasteiger charge is -2.27. The molecular weight excluding hydrogens is 354 g/mol. The van der Waals surface area contributed by atoms with Gasteiger partial charge in [0.2, 0.25) is 0 Å². The number of nitrogens with zero attached hydrogens (tertiary/aromatic N) is 1. The average Bonchev–Trinajstić information content (AvgIpc) is 2.68. The normalized spacial score (nSPS) is 14.6. The third kappa shape index (κ3) is 3.16. The molecule has 1 saturated heterocycles. The first-order chi connectivity index (χ1) is 12.7. The third-order valence-electron chi connectivity index (χ3n) is 4.53. The summed E-state index contributed by atoms with van der Waals surface area (Å²) in [5, 5.41) is 1.38. The van der Waals surface area contributed by atoms with Gasteiger partial charge in [-0.1, -0.05) is 23.7 Å². The van der Waals surface area contributed by atoms with E-state index < -0.39 is 0 Å². The first-order valence-corrected chi connectivity index (χ1v) is 8.78. The lowest BCUT2D eigenvalue weighted by molar-refractivity contribution is 0.122. The first kappa shape index (κ1) is 16.9. The van der Waals surface area contributed by atoms with Gasteiger partial charge in [0, 0.05) is 29.1 Å². The van der Waals surface area contributed by atoms with Crippen molar-refractivity contribution in [2.24, 2.45) is 0 Å². The third-order valence-corrected chi connectivity index (χ3v) is 4.75. The van der Waals surface area contributed by atoms with Gasteiger partial charge in [0.1, 0.15) is 17.0 Å². The molecule has 0 aliphatic carbocycles. The molecule has 0 unspecified atom stereocenters. The molecule has 3 aromatic rings. The van der Waals surface area contributed by atoms with Gasteiger partial charge in [0.25, 0.3) is 0 Å². The maximum atomic E-state index is 12.6. The second-order valence-electron chi connectivity index (χ2n) is 6.12. The Morgan fingerprint density at radius 3 is 2.50 bits per heavy atom. The Bertz CT molecular complexity index is 991. The van der Waals surface area contributed by atoms with Crippen molar-refractivity contribution in [2.45, 2.75) is 0 Å². The number of halogens is 1. The van der Waals surface area contributed by atoms with E-state index in [1.807, 2.05) is 47.4 Å². The molecule has 2 aromatic carbocycles. The molecular formula is C20H18ClNO4. The van der Waals surface area contributed by atoms with Crippen LogP contribution in [0.5, 0.6) is 5.75 Å². The van der Waals surface area contributed by atoms with Gasteiger partial charge < -0.3 is 18.8 Å². The van der Waals surface area contributed by atoms with Crippen LogP contribution in [0, 0.1) is 0 Å². The SMILES string of the molecule is COc1ccc(-c2cc(Cl)cc3cc(N4CCOCC4)c(=O)oc23)cc1. The van der Waals surface area contributed by atoms with Crippen LogP contribution in [0.15, 0.2) is 51.7 Å². The Hall–Kier alpha value is -2.50. The van der Waals surface area contributed by atoms with Gasteiger partial charge in [0.05, 0.1) is 20.3 Å². The second kappa shape index (κ2) is 7.02. The maximum absolute atomic E-state index is 12.6. The van der Waals surface area contributed by atoms with Crippen molar-refractivity contribution < 1.29 is 13.9 Å². The van der Waals surface area contributed by atoms with Crippen LogP contribution in [0.3, 0.4) is 0 Å². The highest BCUT2D eigenvalue weighted by Gasteiger charge is 2.18. The highest BCUT2D eigenvalue weighted by molar-refractivity contribution is 6.31. The molecule has 0 bridgehead atoms. The molecule has 0 radical (unpaired) electrons. The van der Waals surface area contributed by atoms with E-state index in [1.165, 1.54) is 0 Å². The highest BCUT2D eigenvalue weighted by atomic mass is 35.5. The minimum atomic E-state index is -0.350. The van der Waals surface area contributed by atoms with Crippen LogP contribution in [0.25, 0.3) is 22.1 Å². The lowest BCUT2D eigenvalue weighted by atomic mass is 10.0. The number of ether oxygens (including phenoxy) is 2. The largest absolute Gasteiger partial charge is 0.497 e. The molecule has 0 N–H and O–H groups in total. The van der Waals surface area contributed by atoms with Crippen LogP contribution in [0.4, 0.5) is 5.69 Å². The fourth-order valence-corrected chi connectivity index (χ4v) is 3.42. The standard InChI is InChI=1S/C20H18ClNO4/c1-24-16-4-2-13(3-5-16)17-12-15(21)10-14-11-18(20(23)26-19(14)17)22-6-8-25-9-7-22/h2-5,10-12H,6-9H2,1H3. The quantitative estimate of drug-likeness (QED) is 0.652. The molecule has 0 atom stereocenters. The van der Waals surface area contributed by atoms with E-state index in [0.29, 0.717) is 42.6 Å². The van der Waals surface area contributed by atoms with Crippen molar-refractivity contribution in [1.82, 2.24) is 0 Å². The molecule has 0 amide bonds. The Morgan fingerprint density at radius 2 is 1.81 bits per heavy atom. The molecule has 0 saturated carbocycles. The van der Waals surface area contributed by atoms with Gasteiger partial charge in [0.15, 0.2) is 0 Å². The summed E-state index contributed by atoms with van der Waals surface area (Å²) in [5.74, 6) is 0.760. The van der Waals surface area contributed by atoms with E-state index >= 15 is 0 Å². The van der Waals surface area contributed by atoms with Gasteiger partial charge in [-0.25, -0.2) is 4.79 Å². The monoisotopic (exact) mass is 371 g/mol. The molecule has 1 aromatic heterocycles. The van der Waals surface area contributed by atoms with E-state index in [-0.39, 0.29) is 5.63 Å². The van der Waals surface area contributed by atoms with Crippen LogP contribution in [-0.4, -0.2) is 33.4 Å². The molecule has 1 fully saturated rings. The number of rotatable bonds is 3. The molecule has 26 heavy (non-hydrogen) atoms. The Labute approximate surface area is 155 Å². The topological polar surface area (TPSA) is 51.9 Å². The predicted molar refractivity (Wildman–Crippen MR) is 103 cm³/mol. The Morgan fingerprint density at radius 1 is 1.08 bits per heavy atom. The zero-order chi connectivity index (χ0) is 18.1. The number of fused-ring (bicyclic) bond motifs is 1. The number of morpholine rings is 1. The fraction of sp³-hybridized carbons (Fsp3) is 0.250. The van der Waals surface area contributed by atoms with Crippen molar-refractivity contribution in [3.8, 4) is 16.9 Å². The predicted octanol–water partition coefficient (Wildman–Crippen LogP) is 3.96. The van der Waals surface area contributed by atoms with Crippen LogP contribution in [-0.2, 0) is 4.74 Å². The molecule has 1 aliphatic heterocycles. The Balaban J connectivity index is 1.86. The minimum Gasteiger partial charge on any atom is -0.497 e. The first-order valence-electron chi connectivity index (χ1n) is 8.40. The second-order valence-corrected chi connectivity index (χ2v) is 6.56. The van der Waals surface area contributed by atoms with Gasteiger partial charge in [-0.2, -0.15) is 0 Å². The van der Waals surface area contributed by atoms with Crippen molar-refractivity contribution >= 4 is 28.3 Å². The van der Waals surface area contributed by atoms with Crippen LogP contribution >= 0.6 is 11.6 Å². The molecule has 1 aliphatic rings. The summed E-state index contributed by atoms with van der Waals surface area (Å²) in [7, 11) is 1.62. The summed E-state index contributed by atoms with van der Waals surface area (Å²) in [6, 6.07) is 13.0. The minimum absolute atomic E-state index is 0.350. The van der Waals surface area contributed by atoms with Crippen molar-refractivity contribution in [2.75, 3.05) is 38.3 Å². The number of methoxy groups -OCH3 is 1. The van der Waals surface area contributed by atoms with Gasteiger partial charge in [-0.15, -0.1) is 0 Å². The van der Waals surface area contributed by atoms with Crippen LogP contribution in [0.1, 0.15) is 0 Å². The molecule has 5 nitrogen and oxygen atoms in total. The van der Waals surface area contributed by atoms with E-state index in [9.17, 15) is 4.79 Å². The highest BCUT2D eigenvalue weighted by Crippen LogP contribution is 2.33. The van der Waals surface area contributed by atoms with E-state index in [4.69, 9.17) is 25.5 Å². The summed E-state index contributed by atoms with van der Waals surface area (Å²) >= 11 is 6.33. The summed E-state index contributed by atoms with van der Waals surface area (Å²) in [6.45, 7) is 2.54. The van der Waals surface area contributed by atoms with Crippen LogP contribution < -0.4 is 15.3 Å². The van der Waals surface area contributed by atoms with E-state index in [2.05, 4.69) is 0 Å². The Kier molecular flexibility index (Phi) is 4.57. The molecule has 134 valence electrons. The van der Waals surface area contributed by atoms with Crippen molar-refractivity contribution in [1.29, 1.82) is 0 Å². The van der Waals surface area contributed by atoms with Gasteiger partial charge in [-0.3, -0.25) is 0 Å². The zero-order valence-corrected chi connectivity index (χ0v) is 15.1. The summed E-state index contributed by atoms with van der Waals surface area (Å²) in [6.07, 6.45) is 0. The zero-order valence-electron chi connectivity index (χ0n) is 14.3. The summed E-state index contributed by atoms with van der Waals surface area (Å²) in [5.41, 5.74) is 2.41. The molecule has 2 heterocycles. The number of anilines is 1. The smallest absolute Gasteiger partial charge is 0.360 e. The van der Waals surface area contributed by atoms with Crippen molar-refractivity contribution in [3.05, 3.63) is 57.9 Å². The van der Waals surface area contributed by atoms with Gasteiger partial charge in [-0.05, 0) is 35.9 Å². The summed E-state index contributed by atoms with van der Waals surface area (Å²) in [4.78, 5) is 14.6. The molecule has 6 heteroatoms. The lowest BCUT2D eigenvalue weighted by Crippen LogP contribution is -2.38. The van der Waals surface area contributed by atoms with Gasteiger partial charge >= 0.3 is 5.63 Å². The average molecular weight is 372 g/mol. The number of hydrogen-bond acceptors (Lipinski definition) is 5. The number of hydrogen-bond donors (Lipinski definition) is 0. The maximum Gasteiger partial charge on any atom is 0.360 e. The summed E-state index contributed by atoms with van der Waals surface area (Å²) < 4.78 is 16.3. The molecule has 4 rings (SSSR count). The van der Waals surface area contributed by atoms with Crippen molar-refractivity contribution in [3.63, 3.8) is 0 Å². The molecule has 0 spiro atoms. The van der Waals surface area contributed by atoms with Crippen LogP contribution in [0.2, 0.25) is 5.02 Å². The fourth-order valence-electron chi connectivity index (χ4n) is 3.20.